The molecule has 0 aliphatic rings. The zero-order chi connectivity index (χ0) is 9.14. The standard InChI is InChI=1S/C8H10NO2P/c1-6-7(5-12)3-2-4-8(6)9(10)11/h2-4H,5,12H2,1H3. The molecule has 1 aromatic carbocycles. The average Bonchev–Trinajstić information content (AvgIpc) is 2.04. The highest BCUT2D eigenvalue weighted by Crippen LogP contribution is 2.22. The lowest BCUT2D eigenvalue weighted by molar-refractivity contribution is -0.385. The number of nitro groups is 1. The van der Waals surface area contributed by atoms with E-state index in [4.69, 9.17) is 0 Å². The van der Waals surface area contributed by atoms with Crippen LogP contribution < -0.4 is 0 Å². The topological polar surface area (TPSA) is 43.1 Å². The third kappa shape index (κ3) is 1.62. The van der Waals surface area contributed by atoms with Crippen molar-refractivity contribution in [1.29, 1.82) is 0 Å². The summed E-state index contributed by atoms with van der Waals surface area (Å²) in [6.07, 6.45) is 0.757. The summed E-state index contributed by atoms with van der Waals surface area (Å²) < 4.78 is 0. The Labute approximate surface area is 73.1 Å². The fraction of sp³-hybridized carbons (Fsp3) is 0.250. The number of benzene rings is 1. The molecule has 0 saturated carbocycles. The van der Waals surface area contributed by atoms with E-state index < -0.39 is 0 Å². The van der Waals surface area contributed by atoms with Gasteiger partial charge >= 0.3 is 0 Å². The first-order valence-electron chi connectivity index (χ1n) is 3.59. The van der Waals surface area contributed by atoms with Gasteiger partial charge in [-0.3, -0.25) is 10.1 Å². The van der Waals surface area contributed by atoms with Crippen LogP contribution in [0.2, 0.25) is 0 Å². The molecule has 0 aliphatic carbocycles. The molecule has 0 aromatic heterocycles. The predicted octanol–water partition coefficient (Wildman–Crippen LogP) is 2.28. The van der Waals surface area contributed by atoms with E-state index in [-0.39, 0.29) is 10.6 Å². The van der Waals surface area contributed by atoms with Crippen molar-refractivity contribution in [2.45, 2.75) is 13.1 Å². The average molecular weight is 183 g/mol. The quantitative estimate of drug-likeness (QED) is 0.401. The fourth-order valence-corrected chi connectivity index (χ4v) is 1.53. The molecule has 0 bridgehead atoms. The second-order valence-electron chi connectivity index (χ2n) is 2.52. The van der Waals surface area contributed by atoms with E-state index in [1.807, 2.05) is 6.07 Å². The number of nitro benzene ring substituents is 1. The van der Waals surface area contributed by atoms with Gasteiger partial charge in [-0.25, -0.2) is 0 Å². The summed E-state index contributed by atoms with van der Waals surface area (Å²) in [6.45, 7) is 1.78. The molecule has 0 fully saturated rings. The second kappa shape index (κ2) is 3.63. The first-order chi connectivity index (χ1) is 5.66. The van der Waals surface area contributed by atoms with Gasteiger partial charge in [0.25, 0.3) is 5.69 Å². The van der Waals surface area contributed by atoms with Crippen molar-refractivity contribution in [2.75, 3.05) is 0 Å². The van der Waals surface area contributed by atoms with Gasteiger partial charge in [-0.2, -0.15) is 0 Å². The lowest BCUT2D eigenvalue weighted by Crippen LogP contribution is -1.94. The third-order valence-electron chi connectivity index (χ3n) is 1.83. The number of hydrogen-bond acceptors (Lipinski definition) is 2. The second-order valence-corrected chi connectivity index (χ2v) is 2.93. The van der Waals surface area contributed by atoms with Gasteiger partial charge in [0.2, 0.25) is 0 Å². The van der Waals surface area contributed by atoms with Crippen LogP contribution in [0.15, 0.2) is 18.2 Å². The normalized spacial score (nSPS) is 9.83. The van der Waals surface area contributed by atoms with Crippen molar-refractivity contribution < 1.29 is 4.92 Å². The van der Waals surface area contributed by atoms with Gasteiger partial charge < -0.3 is 0 Å². The minimum atomic E-state index is -0.348. The Bertz CT molecular complexity index is 312. The van der Waals surface area contributed by atoms with E-state index in [0.29, 0.717) is 0 Å². The molecule has 12 heavy (non-hydrogen) atoms. The Morgan fingerprint density at radius 1 is 1.58 bits per heavy atom. The van der Waals surface area contributed by atoms with Gasteiger partial charge in [0.1, 0.15) is 0 Å². The summed E-state index contributed by atoms with van der Waals surface area (Å²) in [7, 11) is 2.56. The number of hydrogen-bond donors (Lipinski definition) is 0. The van der Waals surface area contributed by atoms with Crippen molar-refractivity contribution in [2.24, 2.45) is 0 Å². The lowest BCUT2D eigenvalue weighted by atomic mass is 10.1. The Morgan fingerprint density at radius 2 is 2.25 bits per heavy atom. The monoisotopic (exact) mass is 183 g/mol. The van der Waals surface area contributed by atoms with E-state index in [1.165, 1.54) is 6.07 Å². The van der Waals surface area contributed by atoms with Crippen LogP contribution in [0.25, 0.3) is 0 Å². The molecule has 0 spiro atoms. The zero-order valence-corrected chi connectivity index (χ0v) is 7.93. The van der Waals surface area contributed by atoms with Crippen molar-refractivity contribution in [3.05, 3.63) is 39.4 Å². The van der Waals surface area contributed by atoms with Gasteiger partial charge in [0.05, 0.1) is 4.92 Å². The largest absolute Gasteiger partial charge is 0.272 e. The van der Waals surface area contributed by atoms with Gasteiger partial charge in [0.15, 0.2) is 0 Å². The van der Waals surface area contributed by atoms with Crippen LogP contribution >= 0.6 is 9.24 Å². The molecule has 64 valence electrons. The molecule has 1 atom stereocenters. The lowest BCUT2D eigenvalue weighted by Gasteiger charge is -2.01. The molecular formula is C8H10NO2P. The molecule has 1 aromatic rings. The maximum atomic E-state index is 10.5. The molecule has 0 heterocycles. The first-order valence-corrected chi connectivity index (χ1v) is 4.41. The smallest absolute Gasteiger partial charge is 0.258 e. The molecule has 0 aliphatic heterocycles. The van der Waals surface area contributed by atoms with E-state index >= 15 is 0 Å². The first kappa shape index (κ1) is 9.14. The van der Waals surface area contributed by atoms with E-state index in [2.05, 4.69) is 9.24 Å². The predicted molar refractivity (Wildman–Crippen MR) is 51.2 cm³/mol. The molecule has 4 heteroatoms. The minimum Gasteiger partial charge on any atom is -0.258 e. The molecular weight excluding hydrogens is 173 g/mol. The summed E-state index contributed by atoms with van der Waals surface area (Å²) in [5, 5.41) is 10.5. The summed E-state index contributed by atoms with van der Waals surface area (Å²) in [4.78, 5) is 10.1. The molecule has 0 N–H and O–H groups in total. The van der Waals surface area contributed by atoms with Gasteiger partial charge in [0, 0.05) is 11.6 Å². The highest BCUT2D eigenvalue weighted by Gasteiger charge is 2.11. The minimum absolute atomic E-state index is 0.204. The molecule has 0 saturated heterocycles. The van der Waals surface area contributed by atoms with Crippen LogP contribution in [0.3, 0.4) is 0 Å². The Kier molecular flexibility index (Phi) is 2.77. The van der Waals surface area contributed by atoms with E-state index in [1.54, 1.807) is 13.0 Å². The zero-order valence-electron chi connectivity index (χ0n) is 6.78. The van der Waals surface area contributed by atoms with Crippen molar-refractivity contribution >= 4 is 14.9 Å². The number of nitrogens with zero attached hydrogens (tertiary/aromatic N) is 1. The molecule has 1 unspecified atom stereocenters. The van der Waals surface area contributed by atoms with Crippen LogP contribution in [-0.4, -0.2) is 4.92 Å². The number of rotatable bonds is 2. The summed E-state index contributed by atoms with van der Waals surface area (Å²) in [5.74, 6) is 0. The highest BCUT2D eigenvalue weighted by atomic mass is 31.0. The van der Waals surface area contributed by atoms with Gasteiger partial charge in [-0.15, -0.1) is 9.24 Å². The SMILES string of the molecule is Cc1c(CP)cccc1[N+](=O)[O-]. The van der Waals surface area contributed by atoms with Crippen molar-refractivity contribution in [3.8, 4) is 0 Å². The fourth-order valence-electron chi connectivity index (χ4n) is 1.09. The molecule has 3 nitrogen and oxygen atoms in total. The van der Waals surface area contributed by atoms with Crippen LogP contribution in [0.5, 0.6) is 0 Å². The van der Waals surface area contributed by atoms with Crippen LogP contribution in [0.4, 0.5) is 5.69 Å². The van der Waals surface area contributed by atoms with Crippen molar-refractivity contribution in [3.63, 3.8) is 0 Å². The van der Waals surface area contributed by atoms with Crippen LogP contribution in [-0.2, 0) is 6.16 Å². The maximum Gasteiger partial charge on any atom is 0.272 e. The Hall–Kier alpha value is -0.950. The van der Waals surface area contributed by atoms with Gasteiger partial charge in [-0.05, 0) is 18.6 Å². The molecule has 1 rings (SSSR count). The van der Waals surface area contributed by atoms with E-state index in [0.717, 1.165) is 17.3 Å². The van der Waals surface area contributed by atoms with Crippen LogP contribution in [0.1, 0.15) is 11.1 Å². The Balaban J connectivity index is 3.23. The summed E-state index contributed by atoms with van der Waals surface area (Å²) >= 11 is 0. The summed E-state index contributed by atoms with van der Waals surface area (Å²) in [5.41, 5.74) is 1.97. The molecule has 0 radical (unpaired) electrons. The highest BCUT2D eigenvalue weighted by molar-refractivity contribution is 7.15. The van der Waals surface area contributed by atoms with E-state index in [9.17, 15) is 10.1 Å². The van der Waals surface area contributed by atoms with Gasteiger partial charge in [-0.1, -0.05) is 12.1 Å². The third-order valence-corrected chi connectivity index (χ3v) is 2.27. The molecule has 0 amide bonds. The van der Waals surface area contributed by atoms with Crippen molar-refractivity contribution in [1.82, 2.24) is 0 Å². The summed E-state index contributed by atoms with van der Waals surface area (Å²) in [6, 6.07) is 5.14. The van der Waals surface area contributed by atoms with Crippen LogP contribution in [0, 0.1) is 17.0 Å². The Morgan fingerprint density at radius 3 is 2.75 bits per heavy atom. The maximum absolute atomic E-state index is 10.5.